The molecule has 2 saturated heterocycles. The molecule has 0 aromatic heterocycles. The molecule has 1 amide bonds. The lowest BCUT2D eigenvalue weighted by Crippen LogP contribution is -2.49. The summed E-state index contributed by atoms with van der Waals surface area (Å²) in [6, 6.07) is 0.0547. The van der Waals surface area contributed by atoms with E-state index in [0.29, 0.717) is 0 Å². The van der Waals surface area contributed by atoms with Crippen LogP contribution < -0.4 is 5.32 Å². The minimum Gasteiger partial charge on any atom is -0.377 e. The van der Waals surface area contributed by atoms with E-state index in [0.717, 1.165) is 39.1 Å². The van der Waals surface area contributed by atoms with Gasteiger partial charge in [0.15, 0.2) is 0 Å². The Morgan fingerprint density at radius 3 is 2.88 bits per heavy atom. The van der Waals surface area contributed by atoms with E-state index in [1.165, 1.54) is 12.8 Å². The molecular weight excluding hydrogens is 240 g/mol. The van der Waals surface area contributed by atoms with Gasteiger partial charge in [0.25, 0.3) is 0 Å². The third kappa shape index (κ3) is 4.12. The first-order valence-corrected chi connectivity index (χ1v) is 6.41. The highest BCUT2D eigenvalue weighted by molar-refractivity contribution is 5.85. The summed E-state index contributed by atoms with van der Waals surface area (Å²) in [6.45, 7) is 5.40. The van der Waals surface area contributed by atoms with E-state index in [2.05, 4.69) is 5.32 Å². The number of nitrogens with one attached hydrogen (secondary N) is 1. The van der Waals surface area contributed by atoms with Crippen LogP contribution in [-0.2, 0) is 9.53 Å². The fraction of sp³-hybridized carbons (Fsp3) is 0.917. The summed E-state index contributed by atoms with van der Waals surface area (Å²) in [4.78, 5) is 14.2. The Balaban J connectivity index is 0.00000144. The molecule has 2 aliphatic heterocycles. The molecule has 0 spiro atoms. The molecule has 4 nitrogen and oxygen atoms in total. The highest BCUT2D eigenvalue weighted by Crippen LogP contribution is 2.12. The van der Waals surface area contributed by atoms with Gasteiger partial charge in [-0.2, -0.15) is 0 Å². The average molecular weight is 263 g/mol. The first-order valence-electron chi connectivity index (χ1n) is 6.41. The van der Waals surface area contributed by atoms with Crippen LogP contribution in [0.15, 0.2) is 0 Å². The van der Waals surface area contributed by atoms with E-state index < -0.39 is 0 Å². The predicted molar refractivity (Wildman–Crippen MR) is 69.5 cm³/mol. The molecule has 2 rings (SSSR count). The van der Waals surface area contributed by atoms with E-state index in [4.69, 9.17) is 4.74 Å². The van der Waals surface area contributed by atoms with Gasteiger partial charge in [0.2, 0.25) is 5.91 Å². The molecule has 0 radical (unpaired) electrons. The summed E-state index contributed by atoms with van der Waals surface area (Å²) in [5.74, 6) is 0.275. The lowest BCUT2D eigenvalue weighted by Gasteiger charge is -2.29. The number of nitrogens with zero attached hydrogens (tertiary/aromatic N) is 1. The SMILES string of the molecule is CC1CN(C(=O)[C@@H]2CCCCN2)CCCO1.Cl. The van der Waals surface area contributed by atoms with Crippen molar-refractivity contribution in [1.29, 1.82) is 0 Å². The second kappa shape index (κ2) is 7.19. The van der Waals surface area contributed by atoms with Crippen LogP contribution in [0.25, 0.3) is 0 Å². The zero-order valence-corrected chi connectivity index (χ0v) is 11.3. The van der Waals surface area contributed by atoms with Crippen molar-refractivity contribution in [2.75, 3.05) is 26.2 Å². The second-order valence-electron chi connectivity index (χ2n) is 4.82. The Bertz CT molecular complexity index is 245. The first kappa shape index (κ1) is 14.7. The molecule has 0 bridgehead atoms. The molecule has 0 aromatic carbocycles. The molecular formula is C12H23ClN2O2. The molecule has 2 atom stereocenters. The van der Waals surface area contributed by atoms with Crippen LogP contribution in [0.5, 0.6) is 0 Å². The van der Waals surface area contributed by atoms with E-state index >= 15 is 0 Å². The first-order chi connectivity index (χ1) is 7.77. The molecule has 2 heterocycles. The lowest BCUT2D eigenvalue weighted by atomic mass is 10.0. The van der Waals surface area contributed by atoms with Crippen LogP contribution >= 0.6 is 12.4 Å². The summed E-state index contributed by atoms with van der Waals surface area (Å²) < 4.78 is 5.56. The third-order valence-corrected chi connectivity index (χ3v) is 3.37. The highest BCUT2D eigenvalue weighted by Gasteiger charge is 2.27. The number of hydrogen-bond donors (Lipinski definition) is 1. The van der Waals surface area contributed by atoms with E-state index in [1.54, 1.807) is 0 Å². The number of hydrogen-bond acceptors (Lipinski definition) is 3. The van der Waals surface area contributed by atoms with Gasteiger partial charge in [-0.3, -0.25) is 4.79 Å². The number of ether oxygens (including phenoxy) is 1. The van der Waals surface area contributed by atoms with Gasteiger partial charge in [-0.25, -0.2) is 0 Å². The highest BCUT2D eigenvalue weighted by atomic mass is 35.5. The maximum Gasteiger partial charge on any atom is 0.239 e. The van der Waals surface area contributed by atoms with Crippen LogP contribution in [0.4, 0.5) is 0 Å². The molecule has 0 saturated carbocycles. The summed E-state index contributed by atoms with van der Waals surface area (Å²) in [6.07, 6.45) is 4.50. The lowest BCUT2D eigenvalue weighted by molar-refractivity contribution is -0.134. The van der Waals surface area contributed by atoms with Crippen LogP contribution in [0.3, 0.4) is 0 Å². The Kier molecular flexibility index (Phi) is 6.23. The van der Waals surface area contributed by atoms with Crippen LogP contribution in [0.2, 0.25) is 0 Å². The van der Waals surface area contributed by atoms with Crippen molar-refractivity contribution in [2.45, 2.75) is 44.8 Å². The zero-order valence-electron chi connectivity index (χ0n) is 10.5. The van der Waals surface area contributed by atoms with Gasteiger partial charge < -0.3 is 15.0 Å². The fourth-order valence-corrected chi connectivity index (χ4v) is 2.48. The minimum absolute atomic E-state index is 0. The smallest absolute Gasteiger partial charge is 0.239 e. The molecule has 17 heavy (non-hydrogen) atoms. The van der Waals surface area contributed by atoms with Crippen molar-refractivity contribution in [1.82, 2.24) is 10.2 Å². The van der Waals surface area contributed by atoms with Crippen molar-refractivity contribution >= 4 is 18.3 Å². The number of halogens is 1. The molecule has 1 unspecified atom stereocenters. The Hall–Kier alpha value is -0.320. The number of rotatable bonds is 1. The Labute approximate surface area is 109 Å². The molecule has 0 aliphatic carbocycles. The van der Waals surface area contributed by atoms with E-state index in [1.807, 2.05) is 11.8 Å². The van der Waals surface area contributed by atoms with Gasteiger partial charge in [-0.1, -0.05) is 6.42 Å². The van der Waals surface area contributed by atoms with Crippen molar-refractivity contribution in [3.63, 3.8) is 0 Å². The monoisotopic (exact) mass is 262 g/mol. The van der Waals surface area contributed by atoms with E-state index in [-0.39, 0.29) is 30.5 Å². The molecule has 1 N–H and O–H groups in total. The normalized spacial score (nSPS) is 30.3. The molecule has 5 heteroatoms. The topological polar surface area (TPSA) is 41.6 Å². The fourth-order valence-electron chi connectivity index (χ4n) is 2.48. The molecule has 2 aliphatic rings. The zero-order chi connectivity index (χ0) is 11.4. The van der Waals surface area contributed by atoms with Gasteiger partial charge in [-0.15, -0.1) is 12.4 Å². The minimum atomic E-state index is 0. The molecule has 0 aromatic rings. The molecule has 2 fully saturated rings. The van der Waals surface area contributed by atoms with Crippen molar-refractivity contribution in [3.8, 4) is 0 Å². The number of amides is 1. The predicted octanol–water partition coefficient (Wildman–Crippen LogP) is 1.19. The summed E-state index contributed by atoms with van der Waals surface area (Å²) in [5, 5.41) is 3.32. The van der Waals surface area contributed by atoms with E-state index in [9.17, 15) is 4.79 Å². The van der Waals surface area contributed by atoms with Gasteiger partial charge in [0.05, 0.1) is 12.1 Å². The quantitative estimate of drug-likeness (QED) is 0.772. The van der Waals surface area contributed by atoms with Crippen LogP contribution in [-0.4, -0.2) is 49.2 Å². The maximum atomic E-state index is 12.3. The van der Waals surface area contributed by atoms with Crippen molar-refractivity contribution < 1.29 is 9.53 Å². The van der Waals surface area contributed by atoms with Gasteiger partial charge >= 0.3 is 0 Å². The van der Waals surface area contributed by atoms with Gasteiger partial charge in [-0.05, 0) is 32.7 Å². The van der Waals surface area contributed by atoms with Gasteiger partial charge in [0.1, 0.15) is 0 Å². The largest absolute Gasteiger partial charge is 0.377 e. The summed E-state index contributed by atoms with van der Waals surface area (Å²) in [7, 11) is 0. The van der Waals surface area contributed by atoms with Crippen molar-refractivity contribution in [2.24, 2.45) is 0 Å². The Morgan fingerprint density at radius 1 is 1.35 bits per heavy atom. The standard InChI is InChI=1S/C12H22N2O2.ClH/c1-10-9-14(7-4-8-16-10)12(15)11-5-2-3-6-13-11;/h10-11,13H,2-9H2,1H3;1H/t10?,11-;/m0./s1. The third-order valence-electron chi connectivity index (χ3n) is 3.37. The average Bonchev–Trinajstić information content (AvgIpc) is 2.54. The van der Waals surface area contributed by atoms with Crippen LogP contribution in [0.1, 0.15) is 32.6 Å². The maximum absolute atomic E-state index is 12.3. The number of piperidine rings is 1. The number of carbonyl (C=O) groups is 1. The second-order valence-corrected chi connectivity index (χ2v) is 4.82. The van der Waals surface area contributed by atoms with Gasteiger partial charge in [0, 0.05) is 19.7 Å². The number of carbonyl (C=O) groups excluding carboxylic acids is 1. The summed E-state index contributed by atoms with van der Waals surface area (Å²) in [5.41, 5.74) is 0. The summed E-state index contributed by atoms with van der Waals surface area (Å²) >= 11 is 0. The van der Waals surface area contributed by atoms with Crippen LogP contribution in [0, 0.1) is 0 Å². The van der Waals surface area contributed by atoms with Crippen molar-refractivity contribution in [3.05, 3.63) is 0 Å². The Morgan fingerprint density at radius 2 is 2.18 bits per heavy atom. The molecule has 100 valence electrons.